The van der Waals surface area contributed by atoms with Crippen LogP contribution >= 0.6 is 0 Å². The van der Waals surface area contributed by atoms with E-state index < -0.39 is 17.2 Å². The van der Waals surface area contributed by atoms with E-state index in [-0.39, 0.29) is 17.4 Å². The van der Waals surface area contributed by atoms with Crippen LogP contribution in [0.25, 0.3) is 10.9 Å². The third-order valence-corrected chi connectivity index (χ3v) is 6.54. The van der Waals surface area contributed by atoms with Crippen LogP contribution < -0.4 is 14.4 Å². The molecule has 0 aliphatic carbocycles. The number of hydrogen-bond acceptors (Lipinski definition) is 8. The number of rotatable bonds is 17. The van der Waals surface area contributed by atoms with Gasteiger partial charge in [-0.3, -0.25) is 5.43 Å². The molecule has 0 amide bonds. The van der Waals surface area contributed by atoms with Crippen LogP contribution in [-0.2, 0) is 16.0 Å². The second kappa shape index (κ2) is 16.3. The van der Waals surface area contributed by atoms with Crippen molar-refractivity contribution in [3.8, 4) is 11.8 Å². The highest BCUT2D eigenvalue weighted by atomic mass is 32.2. The van der Waals surface area contributed by atoms with Crippen molar-refractivity contribution in [2.24, 2.45) is 0 Å². The Hall–Kier alpha value is -3.55. The molecular formula is C28H35N5O4S. The average molecular weight is 538 g/mol. The van der Waals surface area contributed by atoms with E-state index in [1.165, 1.54) is 51.0 Å². The summed E-state index contributed by atoms with van der Waals surface area (Å²) in [6.07, 6.45) is 12.1. The molecule has 0 radical (unpaired) electrons. The van der Waals surface area contributed by atoms with Crippen LogP contribution in [0.4, 0.5) is 5.82 Å². The molecule has 10 heteroatoms. The molecule has 0 saturated heterocycles. The highest BCUT2D eigenvalue weighted by Crippen LogP contribution is 2.20. The van der Waals surface area contributed by atoms with E-state index in [9.17, 15) is 9.00 Å². The van der Waals surface area contributed by atoms with Crippen molar-refractivity contribution in [1.82, 2.24) is 14.8 Å². The first kappa shape index (κ1) is 29.0. The maximum Gasteiger partial charge on any atom is 0.338 e. The zero-order chi connectivity index (χ0) is 27.0. The Kier molecular flexibility index (Phi) is 12.5. The summed E-state index contributed by atoms with van der Waals surface area (Å²) in [6, 6.07) is 15.3. The Labute approximate surface area is 226 Å². The van der Waals surface area contributed by atoms with Crippen molar-refractivity contribution in [2.45, 2.75) is 71.1 Å². The molecule has 0 fully saturated rings. The van der Waals surface area contributed by atoms with Gasteiger partial charge in [-0.05, 0) is 36.8 Å². The van der Waals surface area contributed by atoms with Crippen molar-refractivity contribution in [3.63, 3.8) is 0 Å². The summed E-state index contributed by atoms with van der Waals surface area (Å²) in [7, 11) is 0. The topological polar surface area (TPSA) is 126 Å². The number of para-hydroxylation sites is 1. The van der Waals surface area contributed by atoms with Crippen molar-refractivity contribution in [3.05, 3.63) is 59.9 Å². The number of nitrogens with one attached hydrogen (secondary N) is 2. The molecule has 202 valence electrons. The first-order valence-electron chi connectivity index (χ1n) is 13.2. The van der Waals surface area contributed by atoms with Crippen molar-refractivity contribution >= 4 is 34.0 Å². The van der Waals surface area contributed by atoms with Crippen LogP contribution in [0.2, 0.25) is 0 Å². The van der Waals surface area contributed by atoms with Crippen LogP contribution in [0.15, 0.2) is 48.5 Å². The lowest BCUT2D eigenvalue weighted by molar-refractivity contribution is 0.0497. The van der Waals surface area contributed by atoms with Crippen LogP contribution in [0.1, 0.15) is 87.3 Å². The number of hydrazine groups is 1. The minimum Gasteiger partial charge on any atom is -0.462 e. The number of anilines is 1. The van der Waals surface area contributed by atoms with E-state index in [2.05, 4.69) is 27.1 Å². The molecule has 2 aromatic carbocycles. The van der Waals surface area contributed by atoms with Gasteiger partial charge in [0.15, 0.2) is 5.82 Å². The number of carbonyl (C=O) groups is 1. The van der Waals surface area contributed by atoms with Gasteiger partial charge in [0.1, 0.15) is 11.8 Å². The fraction of sp³-hybridized carbons (Fsp3) is 0.429. The zero-order valence-electron chi connectivity index (χ0n) is 21.8. The number of benzene rings is 2. The quantitative estimate of drug-likeness (QED) is 0.119. The second-order valence-electron chi connectivity index (χ2n) is 8.92. The molecule has 2 N–H and O–H groups in total. The van der Waals surface area contributed by atoms with Gasteiger partial charge < -0.3 is 8.92 Å². The molecule has 1 unspecified atom stereocenters. The molecule has 1 heterocycles. The van der Waals surface area contributed by atoms with E-state index in [0.29, 0.717) is 23.1 Å². The summed E-state index contributed by atoms with van der Waals surface area (Å²) in [5, 5.41) is 9.80. The first-order valence-corrected chi connectivity index (χ1v) is 14.2. The lowest BCUT2D eigenvalue weighted by Crippen LogP contribution is -2.28. The predicted octanol–water partition coefficient (Wildman–Crippen LogP) is 6.15. The highest BCUT2D eigenvalue weighted by Gasteiger charge is 2.12. The van der Waals surface area contributed by atoms with Gasteiger partial charge in [0.25, 0.3) is 0 Å². The molecule has 9 nitrogen and oxygen atoms in total. The third kappa shape index (κ3) is 9.72. The lowest BCUT2D eigenvalue weighted by atomic mass is 10.1. The molecule has 0 saturated carbocycles. The molecule has 3 aromatic rings. The Morgan fingerprint density at radius 1 is 0.947 bits per heavy atom. The molecule has 1 atom stereocenters. The minimum atomic E-state index is -2.01. The number of nitrogens with zero attached hydrogens (tertiary/aromatic N) is 3. The van der Waals surface area contributed by atoms with E-state index in [0.717, 1.165) is 19.3 Å². The van der Waals surface area contributed by atoms with Gasteiger partial charge in [-0.25, -0.2) is 9.78 Å². The number of fused-ring (bicyclic) bond motifs is 1. The summed E-state index contributed by atoms with van der Waals surface area (Å²) in [6.45, 7) is 2.60. The van der Waals surface area contributed by atoms with Crippen LogP contribution in [0.5, 0.6) is 5.75 Å². The number of esters is 1. The Morgan fingerprint density at radius 3 is 2.39 bits per heavy atom. The summed E-state index contributed by atoms with van der Waals surface area (Å²) in [4.78, 5) is 23.2. The Bertz CT molecular complexity index is 1250. The predicted molar refractivity (Wildman–Crippen MR) is 148 cm³/mol. The van der Waals surface area contributed by atoms with E-state index >= 15 is 0 Å². The van der Waals surface area contributed by atoms with Gasteiger partial charge in [0.2, 0.25) is 5.82 Å². The minimum absolute atomic E-state index is 0.0243. The maximum atomic E-state index is 12.4. The van der Waals surface area contributed by atoms with Gasteiger partial charge in [-0.2, -0.15) is 14.5 Å². The molecule has 0 bridgehead atoms. The number of nitriles is 1. The van der Waals surface area contributed by atoms with Crippen molar-refractivity contribution in [1.29, 1.82) is 5.26 Å². The SMILES string of the molecule is CCCCCCCCCCCCOC(=O)c1cccc(OS(=O)NNc2nc(C#N)nc3ccccc23)c1. The standard InChI is InChI=1S/C28H35N5O4S/c1-2-3-4-5-6-7-8-9-10-13-19-36-28(34)22-15-14-16-23(20-22)37-38(35)33-32-27-24-17-11-12-18-25(24)30-26(21-29)31-27/h11-12,14-18,20,33H,2-10,13,19H2,1H3,(H,30,31,32). The molecule has 1 aromatic heterocycles. The third-order valence-electron chi connectivity index (χ3n) is 5.93. The van der Waals surface area contributed by atoms with Crippen molar-refractivity contribution < 1.29 is 17.9 Å². The molecule has 0 aliphatic heterocycles. The summed E-state index contributed by atoms with van der Waals surface area (Å²) in [5.41, 5.74) is 3.60. The van der Waals surface area contributed by atoms with Gasteiger partial charge >= 0.3 is 17.2 Å². The number of carbonyl (C=O) groups excluding carboxylic acids is 1. The normalized spacial score (nSPS) is 11.6. The monoisotopic (exact) mass is 537 g/mol. The lowest BCUT2D eigenvalue weighted by Gasteiger charge is -2.11. The summed E-state index contributed by atoms with van der Waals surface area (Å²) in [5.74, 6) is 0.0492. The van der Waals surface area contributed by atoms with E-state index in [4.69, 9.17) is 14.2 Å². The van der Waals surface area contributed by atoms with Crippen LogP contribution in [-0.4, -0.2) is 26.8 Å². The molecule has 3 rings (SSSR count). The number of ether oxygens (including phenoxy) is 1. The first-order chi connectivity index (χ1) is 18.6. The molecule has 38 heavy (non-hydrogen) atoms. The van der Waals surface area contributed by atoms with Crippen LogP contribution in [0.3, 0.4) is 0 Å². The Morgan fingerprint density at radius 2 is 1.66 bits per heavy atom. The van der Waals surface area contributed by atoms with Gasteiger partial charge in [0, 0.05) is 5.39 Å². The summed E-state index contributed by atoms with van der Waals surface area (Å²) < 4.78 is 23.2. The van der Waals surface area contributed by atoms with E-state index in [1.807, 2.05) is 6.07 Å². The van der Waals surface area contributed by atoms with Gasteiger partial charge in [-0.1, -0.05) is 82.9 Å². The zero-order valence-corrected chi connectivity index (χ0v) is 22.6. The van der Waals surface area contributed by atoms with Gasteiger partial charge in [0.05, 0.1) is 17.7 Å². The number of unbranched alkanes of at least 4 members (excludes halogenated alkanes) is 9. The largest absolute Gasteiger partial charge is 0.462 e. The molecular weight excluding hydrogens is 502 g/mol. The highest BCUT2D eigenvalue weighted by molar-refractivity contribution is 7.78. The fourth-order valence-corrected chi connectivity index (χ4v) is 4.43. The van der Waals surface area contributed by atoms with E-state index in [1.54, 1.807) is 42.5 Å². The maximum absolute atomic E-state index is 12.4. The average Bonchev–Trinajstić information content (AvgIpc) is 2.94. The second-order valence-corrected chi connectivity index (χ2v) is 9.76. The molecule has 0 aliphatic rings. The number of hydrogen-bond donors (Lipinski definition) is 2. The Balaban J connectivity index is 1.39. The van der Waals surface area contributed by atoms with Crippen molar-refractivity contribution in [2.75, 3.05) is 12.0 Å². The van der Waals surface area contributed by atoms with Crippen LogP contribution in [0, 0.1) is 11.3 Å². The summed E-state index contributed by atoms with van der Waals surface area (Å²) >= 11 is -2.01. The van der Waals surface area contributed by atoms with Gasteiger partial charge in [-0.15, -0.1) is 4.83 Å². The smallest absolute Gasteiger partial charge is 0.338 e. The molecule has 0 spiro atoms. The number of aromatic nitrogens is 2. The fourth-order valence-electron chi connectivity index (χ4n) is 3.93.